The number of ether oxygens (including phenoxy) is 1. The molecule has 2 heterocycles. The predicted octanol–water partition coefficient (Wildman–Crippen LogP) is 3.70. The molecule has 2 saturated heterocycles. The van der Waals surface area contributed by atoms with Crippen LogP contribution in [0.4, 0.5) is 19.3 Å². The molecule has 0 unspecified atom stereocenters. The van der Waals surface area contributed by atoms with E-state index in [9.17, 15) is 26.8 Å². The molecule has 2 aromatic rings. The van der Waals surface area contributed by atoms with Crippen LogP contribution in [0.5, 0.6) is 0 Å². The Morgan fingerprint density at radius 3 is 2.51 bits per heavy atom. The number of hydrogen-bond acceptors (Lipinski definition) is 6. The number of hydrogen-bond donors (Lipinski definition) is 1. The van der Waals surface area contributed by atoms with Crippen molar-refractivity contribution in [2.75, 3.05) is 16.4 Å². The number of amidine groups is 1. The summed E-state index contributed by atoms with van der Waals surface area (Å²) in [7, 11) is -3.38. The van der Waals surface area contributed by atoms with Gasteiger partial charge in [0.2, 0.25) is 0 Å². The molecule has 0 aliphatic carbocycles. The minimum atomic E-state index is -3.38. The molecule has 2 aliphatic heterocycles. The second-order valence-corrected chi connectivity index (χ2v) is 13.2. The van der Waals surface area contributed by atoms with E-state index in [1.807, 2.05) is 6.07 Å². The van der Waals surface area contributed by atoms with Gasteiger partial charge in [-0.05, 0) is 38.5 Å². The van der Waals surface area contributed by atoms with Gasteiger partial charge >= 0.3 is 6.09 Å². The van der Waals surface area contributed by atoms with Crippen LogP contribution in [0, 0.1) is 11.6 Å². The number of alkyl carbamates (subject to hydrolysis) is 1. The molecule has 0 aromatic heterocycles. The highest BCUT2D eigenvalue weighted by molar-refractivity contribution is 8.16. The number of benzene rings is 2. The van der Waals surface area contributed by atoms with Crippen LogP contribution in [-0.2, 0) is 25.8 Å². The monoisotopic (exact) mass is 551 g/mol. The summed E-state index contributed by atoms with van der Waals surface area (Å²) in [4.78, 5) is 31.5. The molecule has 0 bridgehead atoms. The Balaban J connectivity index is 1.67. The molecule has 37 heavy (non-hydrogen) atoms. The first-order valence-corrected chi connectivity index (χ1v) is 14.3. The quantitative estimate of drug-likeness (QED) is 0.604. The second-order valence-electron chi connectivity index (χ2n) is 9.89. The van der Waals surface area contributed by atoms with E-state index in [4.69, 9.17) is 4.74 Å². The highest BCUT2D eigenvalue weighted by Gasteiger charge is 2.50. The Labute approximate surface area is 218 Å². The number of nitrogens with one attached hydrogen (secondary N) is 1. The molecule has 8 nitrogen and oxygen atoms in total. The molecule has 2 amide bonds. The highest BCUT2D eigenvalue weighted by atomic mass is 32.2. The number of aliphatic imine (C=N–C) groups is 1. The number of rotatable bonds is 5. The molecule has 12 heteroatoms. The van der Waals surface area contributed by atoms with Gasteiger partial charge in [-0.2, -0.15) is 4.99 Å². The normalized spacial score (nSPS) is 22.5. The Morgan fingerprint density at radius 2 is 1.86 bits per heavy atom. The number of amides is 2. The van der Waals surface area contributed by atoms with Crippen LogP contribution < -0.4 is 10.2 Å². The maximum Gasteiger partial charge on any atom is 0.408 e. The van der Waals surface area contributed by atoms with Crippen molar-refractivity contribution in [2.24, 2.45) is 4.99 Å². The third-order valence-electron chi connectivity index (χ3n) is 5.71. The molecule has 1 N–H and O–H groups in total. The Hall–Kier alpha value is -2.99. The van der Waals surface area contributed by atoms with Crippen molar-refractivity contribution in [2.45, 2.75) is 50.1 Å². The molecule has 2 aromatic carbocycles. The molecule has 2 fully saturated rings. The topological polar surface area (TPSA) is 105 Å². The number of thioether (sulfide) groups is 1. The highest BCUT2D eigenvalue weighted by Crippen LogP contribution is 2.41. The zero-order valence-corrected chi connectivity index (χ0v) is 22.1. The summed E-state index contributed by atoms with van der Waals surface area (Å²) in [6.07, 6.45) is -0.683. The van der Waals surface area contributed by atoms with E-state index in [1.54, 1.807) is 45.0 Å². The third kappa shape index (κ3) is 6.67. The van der Waals surface area contributed by atoms with Gasteiger partial charge in [0, 0.05) is 17.7 Å². The predicted molar refractivity (Wildman–Crippen MR) is 138 cm³/mol. The van der Waals surface area contributed by atoms with Gasteiger partial charge < -0.3 is 15.0 Å². The van der Waals surface area contributed by atoms with Crippen LogP contribution in [0.2, 0.25) is 0 Å². The lowest BCUT2D eigenvalue weighted by atomic mass is 10.1. The standard InChI is InChI=1S/C25H27F2N3O5S2/c1-25(2,3)35-24(32)28-18(11-15-7-5-4-6-8-15)22(31)29-23-30(19-10-9-16(26)12-17(19)27)20-13-37(33,34)14-21(20)36-23/h4-10,12,18,20-21H,11,13-14H2,1-3H3,(H,28,32)/t18-,20+,21-/m1/s1. The zero-order valence-electron chi connectivity index (χ0n) is 20.5. The van der Waals surface area contributed by atoms with Gasteiger partial charge in [0.25, 0.3) is 5.91 Å². The van der Waals surface area contributed by atoms with Crippen LogP contribution in [0.3, 0.4) is 0 Å². The first kappa shape index (κ1) is 27.1. The summed E-state index contributed by atoms with van der Waals surface area (Å²) in [5.41, 5.74) is -0.109. The van der Waals surface area contributed by atoms with E-state index in [2.05, 4.69) is 10.3 Å². The van der Waals surface area contributed by atoms with Gasteiger partial charge in [-0.15, -0.1) is 0 Å². The van der Waals surface area contributed by atoms with E-state index in [-0.39, 0.29) is 28.8 Å². The van der Waals surface area contributed by atoms with E-state index in [0.29, 0.717) is 6.07 Å². The van der Waals surface area contributed by atoms with Crippen LogP contribution in [0.1, 0.15) is 26.3 Å². The number of anilines is 1. The molecule has 198 valence electrons. The van der Waals surface area contributed by atoms with Gasteiger partial charge in [-0.3, -0.25) is 4.79 Å². The average molecular weight is 552 g/mol. The molecule has 0 spiro atoms. The first-order valence-electron chi connectivity index (χ1n) is 11.6. The summed E-state index contributed by atoms with van der Waals surface area (Å²) in [6, 6.07) is 10.2. The lowest BCUT2D eigenvalue weighted by Crippen LogP contribution is -2.45. The molecule has 4 rings (SSSR count). The van der Waals surface area contributed by atoms with Crippen LogP contribution in [0.25, 0.3) is 0 Å². The first-order chi connectivity index (χ1) is 17.3. The lowest BCUT2D eigenvalue weighted by Gasteiger charge is -2.25. The maximum atomic E-state index is 14.8. The van der Waals surface area contributed by atoms with E-state index in [1.165, 1.54) is 11.0 Å². The Morgan fingerprint density at radius 1 is 1.16 bits per heavy atom. The summed E-state index contributed by atoms with van der Waals surface area (Å²) in [5.74, 6) is -2.81. The van der Waals surface area contributed by atoms with Crippen molar-refractivity contribution < 1.29 is 31.5 Å². The fourth-order valence-electron chi connectivity index (χ4n) is 4.19. The van der Waals surface area contributed by atoms with Gasteiger partial charge in [0.15, 0.2) is 15.0 Å². The summed E-state index contributed by atoms with van der Waals surface area (Å²) in [5, 5.41) is 2.18. The number of fused-ring (bicyclic) bond motifs is 1. The van der Waals surface area contributed by atoms with Crippen LogP contribution in [0.15, 0.2) is 53.5 Å². The summed E-state index contributed by atoms with van der Waals surface area (Å²) < 4.78 is 58.2. The van der Waals surface area contributed by atoms with Crippen molar-refractivity contribution >= 4 is 44.5 Å². The smallest absolute Gasteiger partial charge is 0.408 e. The Bertz CT molecular complexity index is 1330. The number of carbonyl (C=O) groups excluding carboxylic acids is 2. The number of carbonyl (C=O) groups is 2. The van der Waals surface area contributed by atoms with Gasteiger partial charge in [-0.25, -0.2) is 22.0 Å². The third-order valence-corrected chi connectivity index (χ3v) is 8.92. The molecule has 0 radical (unpaired) electrons. The summed E-state index contributed by atoms with van der Waals surface area (Å²) in [6.45, 7) is 5.08. The molecule has 0 saturated carbocycles. The molecule has 3 atom stereocenters. The molecule has 2 aliphatic rings. The second kappa shape index (κ2) is 10.4. The SMILES string of the molecule is CC(C)(C)OC(=O)N[C@H](Cc1ccccc1)C(=O)N=C1S[C@@H]2CS(=O)(=O)C[C@@H]2N1c1ccc(F)cc1F. The van der Waals surface area contributed by atoms with Crippen LogP contribution in [-0.4, -0.2) is 60.0 Å². The minimum Gasteiger partial charge on any atom is -0.444 e. The van der Waals surface area contributed by atoms with E-state index < -0.39 is 56.4 Å². The molecular formula is C25H27F2N3O5S2. The van der Waals surface area contributed by atoms with Crippen molar-refractivity contribution in [3.63, 3.8) is 0 Å². The zero-order chi connectivity index (χ0) is 27.0. The Kier molecular flexibility index (Phi) is 7.61. The van der Waals surface area contributed by atoms with E-state index in [0.717, 1.165) is 23.4 Å². The maximum absolute atomic E-state index is 14.8. The minimum absolute atomic E-state index is 0.0789. The van der Waals surface area contributed by atoms with Gasteiger partial charge in [-0.1, -0.05) is 42.1 Å². The fourth-order valence-corrected chi connectivity index (χ4v) is 8.11. The number of halogens is 2. The van der Waals surface area contributed by atoms with Crippen molar-refractivity contribution in [3.8, 4) is 0 Å². The van der Waals surface area contributed by atoms with Crippen LogP contribution >= 0.6 is 11.8 Å². The summed E-state index contributed by atoms with van der Waals surface area (Å²) >= 11 is 1.05. The van der Waals surface area contributed by atoms with Gasteiger partial charge in [0.1, 0.15) is 23.3 Å². The van der Waals surface area contributed by atoms with Crippen molar-refractivity contribution in [1.82, 2.24) is 5.32 Å². The number of sulfone groups is 1. The number of nitrogens with zero attached hydrogens (tertiary/aromatic N) is 2. The van der Waals surface area contributed by atoms with E-state index >= 15 is 0 Å². The lowest BCUT2D eigenvalue weighted by molar-refractivity contribution is -0.119. The van der Waals surface area contributed by atoms with Crippen molar-refractivity contribution in [3.05, 3.63) is 65.7 Å². The van der Waals surface area contributed by atoms with Crippen molar-refractivity contribution in [1.29, 1.82) is 0 Å². The molecular weight excluding hydrogens is 524 g/mol. The average Bonchev–Trinajstić information content (AvgIpc) is 3.24. The van der Waals surface area contributed by atoms with Gasteiger partial charge in [0.05, 0.1) is 23.2 Å². The fraction of sp³-hybridized carbons (Fsp3) is 0.400. The largest absolute Gasteiger partial charge is 0.444 e.